The van der Waals surface area contributed by atoms with Gasteiger partial charge in [0.2, 0.25) is 0 Å². The molecule has 1 heterocycles. The first-order valence-electron chi connectivity index (χ1n) is 12.1. The lowest BCUT2D eigenvalue weighted by Gasteiger charge is -2.01. The molecule has 9 N–H and O–H groups in total. The quantitative estimate of drug-likeness (QED) is 0.0868. The van der Waals surface area contributed by atoms with Gasteiger partial charge in [0.25, 0.3) is 0 Å². The van der Waals surface area contributed by atoms with Gasteiger partial charge in [-0.3, -0.25) is 0 Å². The topological polar surface area (TPSA) is 153 Å². The monoisotopic (exact) mass is 633 g/mol. The van der Waals surface area contributed by atoms with Crippen molar-refractivity contribution in [3.63, 3.8) is 0 Å². The largest absolute Gasteiger partial charge is 0.399 e. The molecule has 1 aromatic heterocycles. The van der Waals surface area contributed by atoms with E-state index in [1.807, 2.05) is 91.0 Å². The molecule has 0 aliphatic heterocycles. The van der Waals surface area contributed by atoms with Gasteiger partial charge in [-0.25, -0.2) is 15.0 Å². The highest BCUT2D eigenvalue weighted by atomic mass is 35.5. The molecule has 228 valence electrons. The van der Waals surface area contributed by atoms with Crippen molar-refractivity contribution >= 4 is 71.3 Å². The number of benzene rings is 3. The molecule has 3 aromatic carbocycles. The summed E-state index contributed by atoms with van der Waals surface area (Å²) in [6, 6.07) is 22.9. The van der Waals surface area contributed by atoms with Crippen LogP contribution >= 0.6 is 37.2 Å². The minimum atomic E-state index is 0. The van der Waals surface area contributed by atoms with E-state index in [0.29, 0.717) is 0 Å². The smallest absolute Gasteiger partial charge is 0.119 e. The van der Waals surface area contributed by atoms with Gasteiger partial charge in [-0.1, -0.05) is 18.2 Å². The Morgan fingerprint density at radius 2 is 0.667 bits per heavy atom. The maximum Gasteiger partial charge on any atom is 0.119 e. The van der Waals surface area contributed by atoms with Crippen LogP contribution in [0.15, 0.2) is 130 Å². The number of hydrogen-bond donors (Lipinski definition) is 6. The summed E-state index contributed by atoms with van der Waals surface area (Å²) in [7, 11) is 0. The summed E-state index contributed by atoms with van der Waals surface area (Å²) in [5, 5.41) is 9.44. The van der Waals surface area contributed by atoms with Crippen molar-refractivity contribution in [1.82, 2.24) is 15.0 Å². The van der Waals surface area contributed by atoms with Gasteiger partial charge in [-0.2, -0.15) is 0 Å². The summed E-state index contributed by atoms with van der Waals surface area (Å²) in [4.78, 5) is 10.7. The van der Waals surface area contributed by atoms with Gasteiger partial charge >= 0.3 is 0 Å². The zero-order valence-electron chi connectivity index (χ0n) is 23.4. The van der Waals surface area contributed by atoms with E-state index in [1.165, 1.54) is 19.0 Å². The molecule has 0 aliphatic carbocycles. The lowest BCUT2D eigenvalue weighted by atomic mass is 10.3. The molecular formula is C30H42Cl3N9. The number of nitrogen functional groups attached to an aromatic ring is 3. The number of halogens is 3. The zero-order chi connectivity index (χ0) is 28.6. The summed E-state index contributed by atoms with van der Waals surface area (Å²) in [6.45, 7) is 13.2. The molecule has 0 spiro atoms. The third-order valence-electron chi connectivity index (χ3n) is 4.48. The van der Waals surface area contributed by atoms with Crippen LogP contribution in [0.4, 0.5) is 34.1 Å². The molecule has 9 nitrogen and oxygen atoms in total. The van der Waals surface area contributed by atoms with Gasteiger partial charge in [-0.15, -0.1) is 57.0 Å². The second-order valence-corrected chi connectivity index (χ2v) is 7.67. The average molecular weight is 635 g/mol. The fraction of sp³-hybridized carbons (Fsp3) is 0.100. The number of hydrogen-bond acceptors (Lipinski definition) is 9. The number of aromatic nitrogens is 3. The Morgan fingerprint density at radius 3 is 0.833 bits per heavy atom. The molecule has 0 fully saturated rings. The van der Waals surface area contributed by atoms with Gasteiger partial charge in [0.15, 0.2) is 0 Å². The van der Waals surface area contributed by atoms with Crippen LogP contribution in [-0.4, -0.2) is 34.6 Å². The fourth-order valence-corrected chi connectivity index (χ4v) is 2.58. The highest BCUT2D eigenvalue weighted by molar-refractivity contribution is 5.86. The Bertz CT molecular complexity index is 1020. The summed E-state index contributed by atoms with van der Waals surface area (Å²) >= 11 is 0. The first-order valence-corrected chi connectivity index (χ1v) is 12.1. The van der Waals surface area contributed by atoms with E-state index in [1.54, 1.807) is 0 Å². The van der Waals surface area contributed by atoms with Gasteiger partial charge in [0.1, 0.15) is 19.0 Å². The zero-order valence-corrected chi connectivity index (χ0v) is 25.9. The van der Waals surface area contributed by atoms with Crippen LogP contribution in [0.5, 0.6) is 0 Å². The number of anilines is 6. The van der Waals surface area contributed by atoms with Crippen molar-refractivity contribution in [2.24, 2.45) is 0 Å². The van der Waals surface area contributed by atoms with Crippen LogP contribution in [0.1, 0.15) is 0 Å². The van der Waals surface area contributed by atoms with E-state index in [2.05, 4.69) is 50.6 Å². The molecule has 0 saturated carbocycles. The molecule has 0 amide bonds. The molecule has 0 aliphatic rings. The Kier molecular flexibility index (Phi) is 28.1. The average Bonchev–Trinajstić information content (AvgIpc) is 2.98. The summed E-state index contributed by atoms with van der Waals surface area (Å²) in [5.41, 5.74) is 22.1. The summed E-state index contributed by atoms with van der Waals surface area (Å²) in [5.74, 6) is 0. The van der Waals surface area contributed by atoms with E-state index in [9.17, 15) is 0 Å². The van der Waals surface area contributed by atoms with Crippen LogP contribution in [-0.2, 0) is 0 Å². The summed E-state index contributed by atoms with van der Waals surface area (Å²) in [6.07, 6.45) is 9.76. The Hall–Kier alpha value is -4.44. The highest BCUT2D eigenvalue weighted by Gasteiger charge is 1.89. The number of rotatable bonds is 9. The second-order valence-electron chi connectivity index (χ2n) is 7.67. The fourth-order valence-electron chi connectivity index (χ4n) is 2.58. The van der Waals surface area contributed by atoms with Gasteiger partial charge in [0, 0.05) is 53.8 Å². The van der Waals surface area contributed by atoms with E-state index < -0.39 is 0 Å². The van der Waals surface area contributed by atoms with Crippen molar-refractivity contribution in [1.29, 1.82) is 0 Å². The minimum absolute atomic E-state index is 0. The molecule has 4 aromatic rings. The lowest BCUT2D eigenvalue weighted by Crippen LogP contribution is -1.97. The molecule has 4 rings (SSSR count). The summed E-state index contributed by atoms with van der Waals surface area (Å²) < 4.78 is 0. The minimum Gasteiger partial charge on any atom is -0.399 e. The van der Waals surface area contributed by atoms with Crippen LogP contribution in [0, 0.1) is 0 Å². The van der Waals surface area contributed by atoms with Crippen molar-refractivity contribution in [2.45, 2.75) is 0 Å². The predicted molar refractivity (Wildman–Crippen MR) is 190 cm³/mol. The van der Waals surface area contributed by atoms with Crippen molar-refractivity contribution in [3.8, 4) is 0 Å². The molecule has 42 heavy (non-hydrogen) atoms. The third kappa shape index (κ3) is 22.4. The normalized spacial score (nSPS) is 8.29. The van der Waals surface area contributed by atoms with Crippen molar-refractivity contribution in [3.05, 3.63) is 130 Å². The van der Waals surface area contributed by atoms with Crippen LogP contribution in [0.2, 0.25) is 0 Å². The lowest BCUT2D eigenvalue weighted by molar-refractivity contribution is 1.05. The van der Waals surface area contributed by atoms with E-state index in [0.717, 1.165) is 53.8 Å². The van der Waals surface area contributed by atoms with Gasteiger partial charge < -0.3 is 33.2 Å². The molecule has 0 atom stereocenters. The molecule has 0 unspecified atom stereocenters. The van der Waals surface area contributed by atoms with Gasteiger partial charge in [-0.05, 0) is 72.8 Å². The van der Waals surface area contributed by atoms with Crippen LogP contribution in [0.25, 0.3) is 0 Å². The first kappa shape index (κ1) is 42.0. The van der Waals surface area contributed by atoms with E-state index >= 15 is 0 Å². The van der Waals surface area contributed by atoms with Gasteiger partial charge in [0.05, 0.1) is 0 Å². The van der Waals surface area contributed by atoms with Crippen molar-refractivity contribution < 1.29 is 0 Å². The number of nitrogens with zero attached hydrogens (tertiary/aromatic N) is 3. The Labute approximate surface area is 268 Å². The van der Waals surface area contributed by atoms with Crippen LogP contribution < -0.4 is 33.2 Å². The third-order valence-corrected chi connectivity index (χ3v) is 4.48. The number of nitrogens with one attached hydrogen (secondary N) is 3. The predicted octanol–water partition coefficient (Wildman–Crippen LogP) is 6.74. The molecular weight excluding hydrogens is 593 g/mol. The molecule has 0 radical (unpaired) electrons. The van der Waals surface area contributed by atoms with E-state index in [-0.39, 0.29) is 37.2 Å². The molecule has 12 heteroatoms. The Morgan fingerprint density at radius 1 is 0.452 bits per heavy atom. The SMILES string of the molecule is C=CCNc1ccc(N)cc1.C=CCNc1ccc(N)cc1.C=CCNc1ccc(N)cc1.Cl.Cl.Cl.c1ncncn1. The second kappa shape index (κ2) is 28.1. The molecule has 0 bridgehead atoms. The molecule has 0 saturated heterocycles. The van der Waals surface area contributed by atoms with Crippen LogP contribution in [0.3, 0.4) is 0 Å². The van der Waals surface area contributed by atoms with Crippen molar-refractivity contribution in [2.75, 3.05) is 52.8 Å². The maximum absolute atomic E-state index is 5.51. The highest BCUT2D eigenvalue weighted by Crippen LogP contribution is 2.11. The Balaban J connectivity index is -0.000000480. The first-order chi connectivity index (χ1) is 19.0. The maximum atomic E-state index is 5.51. The van der Waals surface area contributed by atoms with E-state index in [4.69, 9.17) is 17.2 Å². The number of nitrogens with two attached hydrogens (primary N) is 3. The standard InChI is InChI=1S/3C9H12N2.C3H3N3.3ClH/c3*1-2-7-11-9-5-3-8(10)4-6-9;1-4-2-6-3-5-1;;;/h3*2-6,11H,1,7,10H2;1-3H;3*1H.